The number of aryl methyl sites for hydroxylation is 1. The van der Waals surface area contributed by atoms with Crippen LogP contribution in [0.4, 0.5) is 20.2 Å². The molecule has 0 saturated carbocycles. The summed E-state index contributed by atoms with van der Waals surface area (Å²) in [6.45, 7) is 0.580. The fourth-order valence-corrected chi connectivity index (χ4v) is 2.63. The lowest BCUT2D eigenvalue weighted by atomic mass is 10.1. The highest BCUT2D eigenvalue weighted by atomic mass is 19.2. The third-order valence-corrected chi connectivity index (χ3v) is 3.75. The molecule has 1 aliphatic rings. The number of halogens is 2. The standard InChI is InChI=1S/C17H16F2N2O/c18-13-9-15-16(10-14(13)19)21(17(22)11-20-15)8-4-7-12-5-2-1-3-6-12/h1-3,5-6,9-10,20H,4,7-8,11H2. The minimum atomic E-state index is -0.941. The summed E-state index contributed by atoms with van der Waals surface area (Å²) in [7, 11) is 0. The van der Waals surface area contributed by atoms with Gasteiger partial charge in [0.05, 0.1) is 17.9 Å². The first-order valence-electron chi connectivity index (χ1n) is 7.22. The molecule has 2 aromatic rings. The number of fused-ring (bicyclic) bond motifs is 1. The Morgan fingerprint density at radius 2 is 1.82 bits per heavy atom. The lowest BCUT2D eigenvalue weighted by Crippen LogP contribution is -2.40. The molecule has 5 heteroatoms. The van der Waals surface area contributed by atoms with Gasteiger partial charge in [0, 0.05) is 18.7 Å². The van der Waals surface area contributed by atoms with E-state index in [0.717, 1.165) is 25.0 Å². The van der Waals surface area contributed by atoms with Crippen molar-refractivity contribution < 1.29 is 13.6 Å². The van der Waals surface area contributed by atoms with Gasteiger partial charge in [0.1, 0.15) is 0 Å². The number of rotatable bonds is 4. The number of hydrogen-bond acceptors (Lipinski definition) is 2. The number of amides is 1. The van der Waals surface area contributed by atoms with Crippen molar-refractivity contribution in [1.29, 1.82) is 0 Å². The first-order chi connectivity index (χ1) is 10.6. The summed E-state index contributed by atoms with van der Waals surface area (Å²) in [6.07, 6.45) is 1.59. The molecule has 1 N–H and O–H groups in total. The van der Waals surface area contributed by atoms with Crippen LogP contribution in [-0.4, -0.2) is 19.0 Å². The number of anilines is 2. The Bertz CT molecular complexity index is 689. The summed E-state index contributed by atoms with van der Waals surface area (Å²) < 4.78 is 26.7. The summed E-state index contributed by atoms with van der Waals surface area (Å²) in [5.41, 5.74) is 2.05. The van der Waals surface area contributed by atoms with Crippen molar-refractivity contribution in [3.63, 3.8) is 0 Å². The molecule has 0 bridgehead atoms. The van der Waals surface area contributed by atoms with Gasteiger partial charge >= 0.3 is 0 Å². The van der Waals surface area contributed by atoms with Crippen molar-refractivity contribution in [2.75, 3.05) is 23.3 Å². The number of nitrogens with zero attached hydrogens (tertiary/aromatic N) is 1. The van der Waals surface area contributed by atoms with Gasteiger partial charge in [-0.3, -0.25) is 4.79 Å². The molecule has 3 nitrogen and oxygen atoms in total. The first-order valence-corrected chi connectivity index (χ1v) is 7.22. The van der Waals surface area contributed by atoms with E-state index in [0.29, 0.717) is 17.9 Å². The van der Waals surface area contributed by atoms with Crippen LogP contribution < -0.4 is 10.2 Å². The van der Waals surface area contributed by atoms with Crippen molar-refractivity contribution >= 4 is 17.3 Å². The van der Waals surface area contributed by atoms with E-state index in [1.54, 1.807) is 0 Å². The minimum Gasteiger partial charge on any atom is -0.374 e. The SMILES string of the molecule is O=C1CNc2cc(F)c(F)cc2N1CCCc1ccccc1. The van der Waals surface area contributed by atoms with Crippen LogP contribution in [0.25, 0.3) is 0 Å². The Balaban J connectivity index is 1.73. The largest absolute Gasteiger partial charge is 0.374 e. The molecule has 1 aliphatic heterocycles. The molecule has 114 valence electrons. The molecule has 1 heterocycles. The molecule has 22 heavy (non-hydrogen) atoms. The van der Waals surface area contributed by atoms with Crippen molar-refractivity contribution in [3.05, 3.63) is 59.7 Å². The maximum atomic E-state index is 13.5. The molecule has 1 amide bonds. The maximum absolute atomic E-state index is 13.5. The summed E-state index contributed by atoms with van der Waals surface area (Å²) in [6, 6.07) is 12.1. The highest BCUT2D eigenvalue weighted by molar-refractivity contribution is 6.02. The van der Waals surface area contributed by atoms with Crippen LogP contribution >= 0.6 is 0 Å². The normalized spacial score (nSPS) is 13.7. The van der Waals surface area contributed by atoms with Gasteiger partial charge in [0.2, 0.25) is 5.91 Å². The molecule has 3 rings (SSSR count). The van der Waals surface area contributed by atoms with Gasteiger partial charge in [-0.15, -0.1) is 0 Å². The van der Waals surface area contributed by atoms with Crippen LogP contribution in [0.1, 0.15) is 12.0 Å². The average Bonchev–Trinajstić information content (AvgIpc) is 2.52. The fourth-order valence-electron chi connectivity index (χ4n) is 2.63. The summed E-state index contributed by atoms with van der Waals surface area (Å²) in [4.78, 5) is 13.6. The van der Waals surface area contributed by atoms with Crippen LogP contribution in [0.3, 0.4) is 0 Å². The number of benzene rings is 2. The molecule has 0 unspecified atom stereocenters. The topological polar surface area (TPSA) is 32.3 Å². The number of carbonyl (C=O) groups excluding carboxylic acids is 1. The lowest BCUT2D eigenvalue weighted by molar-refractivity contribution is -0.117. The molecular formula is C17H16F2N2O. The van der Waals surface area contributed by atoms with Crippen LogP contribution in [0.15, 0.2) is 42.5 Å². The molecular weight excluding hydrogens is 286 g/mol. The second kappa shape index (κ2) is 6.13. The van der Waals surface area contributed by atoms with E-state index in [9.17, 15) is 13.6 Å². The van der Waals surface area contributed by atoms with E-state index in [2.05, 4.69) is 5.32 Å². The molecule has 0 spiro atoms. The summed E-state index contributed by atoms with van der Waals surface area (Å²) in [5.74, 6) is -1.99. The smallest absolute Gasteiger partial charge is 0.246 e. The molecule has 0 saturated heterocycles. The van der Waals surface area contributed by atoms with Crippen LogP contribution in [-0.2, 0) is 11.2 Å². The third kappa shape index (κ3) is 2.93. The molecule has 0 atom stereocenters. The van der Waals surface area contributed by atoms with Gasteiger partial charge in [0.25, 0.3) is 0 Å². The zero-order valence-corrected chi connectivity index (χ0v) is 12.0. The third-order valence-electron chi connectivity index (χ3n) is 3.75. The minimum absolute atomic E-state index is 0.101. The van der Waals surface area contributed by atoms with Gasteiger partial charge < -0.3 is 10.2 Å². The average molecular weight is 302 g/mol. The number of carbonyl (C=O) groups is 1. The van der Waals surface area contributed by atoms with E-state index in [4.69, 9.17) is 0 Å². The molecule has 0 aromatic heterocycles. The van der Waals surface area contributed by atoms with Crippen LogP contribution in [0, 0.1) is 11.6 Å². The second-order valence-electron chi connectivity index (χ2n) is 5.27. The van der Waals surface area contributed by atoms with Gasteiger partial charge in [-0.25, -0.2) is 8.78 Å². The molecule has 0 fully saturated rings. The van der Waals surface area contributed by atoms with E-state index in [1.165, 1.54) is 10.5 Å². The lowest BCUT2D eigenvalue weighted by Gasteiger charge is -2.30. The Morgan fingerprint density at radius 1 is 1.09 bits per heavy atom. The predicted molar refractivity (Wildman–Crippen MR) is 82.0 cm³/mol. The summed E-state index contributed by atoms with van der Waals surface area (Å²) in [5, 5.41) is 2.82. The number of hydrogen-bond donors (Lipinski definition) is 1. The highest BCUT2D eigenvalue weighted by Gasteiger charge is 2.25. The highest BCUT2D eigenvalue weighted by Crippen LogP contribution is 2.31. The predicted octanol–water partition coefficient (Wildman–Crippen LogP) is 3.36. The van der Waals surface area contributed by atoms with Crippen molar-refractivity contribution in [2.45, 2.75) is 12.8 Å². The van der Waals surface area contributed by atoms with Crippen LogP contribution in [0.2, 0.25) is 0 Å². The fraction of sp³-hybridized carbons (Fsp3) is 0.235. The Morgan fingerprint density at radius 3 is 2.59 bits per heavy atom. The van der Waals surface area contributed by atoms with Gasteiger partial charge in [0.15, 0.2) is 11.6 Å². The monoisotopic (exact) mass is 302 g/mol. The first kappa shape index (κ1) is 14.5. The van der Waals surface area contributed by atoms with Crippen molar-refractivity contribution in [1.82, 2.24) is 0 Å². The zero-order valence-electron chi connectivity index (χ0n) is 12.0. The quantitative estimate of drug-likeness (QED) is 0.939. The Hall–Kier alpha value is -2.43. The molecule has 0 aliphatic carbocycles. The van der Waals surface area contributed by atoms with E-state index in [-0.39, 0.29) is 12.5 Å². The van der Waals surface area contributed by atoms with E-state index in [1.807, 2.05) is 30.3 Å². The van der Waals surface area contributed by atoms with Gasteiger partial charge in [-0.1, -0.05) is 30.3 Å². The Kier molecular flexibility index (Phi) is 4.04. The van der Waals surface area contributed by atoms with Crippen molar-refractivity contribution in [2.24, 2.45) is 0 Å². The van der Waals surface area contributed by atoms with Gasteiger partial charge in [-0.05, 0) is 18.4 Å². The Labute approximate surface area is 127 Å². The molecule has 2 aromatic carbocycles. The second-order valence-corrected chi connectivity index (χ2v) is 5.27. The summed E-state index contributed by atoms with van der Waals surface area (Å²) >= 11 is 0. The van der Waals surface area contributed by atoms with Crippen molar-refractivity contribution in [3.8, 4) is 0 Å². The van der Waals surface area contributed by atoms with Crippen LogP contribution in [0.5, 0.6) is 0 Å². The van der Waals surface area contributed by atoms with Gasteiger partial charge in [-0.2, -0.15) is 0 Å². The van der Waals surface area contributed by atoms with E-state index >= 15 is 0 Å². The molecule has 0 radical (unpaired) electrons. The number of nitrogens with one attached hydrogen (secondary N) is 1. The maximum Gasteiger partial charge on any atom is 0.246 e. The van der Waals surface area contributed by atoms with E-state index < -0.39 is 11.6 Å². The zero-order chi connectivity index (χ0) is 15.5.